The SMILES string of the molecule is NC(=O)CCC(NC(=O)C(CCCN=C(N)N)NC(=O)C1CCCN1C(=O)C(N)CC(=O)O)C(=O)O. The summed E-state index contributed by atoms with van der Waals surface area (Å²) < 4.78 is 0. The molecule has 0 aromatic rings. The Labute approximate surface area is 206 Å². The van der Waals surface area contributed by atoms with Gasteiger partial charge in [-0.3, -0.25) is 29.0 Å². The summed E-state index contributed by atoms with van der Waals surface area (Å²) in [5.74, 6) is -5.80. The van der Waals surface area contributed by atoms with E-state index in [0.717, 1.165) is 0 Å². The van der Waals surface area contributed by atoms with Crippen molar-refractivity contribution in [1.82, 2.24) is 15.5 Å². The van der Waals surface area contributed by atoms with E-state index in [2.05, 4.69) is 15.6 Å². The fourth-order valence-electron chi connectivity index (χ4n) is 3.65. The van der Waals surface area contributed by atoms with Crippen LogP contribution in [0.3, 0.4) is 0 Å². The summed E-state index contributed by atoms with van der Waals surface area (Å²) in [6, 6.07) is -4.97. The third-order valence-corrected chi connectivity index (χ3v) is 5.42. The van der Waals surface area contributed by atoms with Gasteiger partial charge in [0.1, 0.15) is 18.1 Å². The van der Waals surface area contributed by atoms with E-state index in [1.54, 1.807) is 0 Å². The van der Waals surface area contributed by atoms with Gasteiger partial charge in [0.25, 0.3) is 0 Å². The lowest BCUT2D eigenvalue weighted by molar-refractivity contribution is -0.144. The molecule has 16 heteroatoms. The highest BCUT2D eigenvalue weighted by Crippen LogP contribution is 2.19. The lowest BCUT2D eigenvalue weighted by atomic mass is 10.1. The topological polar surface area (TPSA) is 287 Å². The van der Waals surface area contributed by atoms with E-state index in [9.17, 15) is 33.9 Å². The van der Waals surface area contributed by atoms with Crippen LogP contribution in [0.25, 0.3) is 0 Å². The number of likely N-dealkylation sites (tertiary alicyclic amines) is 1. The van der Waals surface area contributed by atoms with Crippen molar-refractivity contribution < 1.29 is 39.0 Å². The molecule has 202 valence electrons. The molecule has 0 bridgehead atoms. The molecule has 36 heavy (non-hydrogen) atoms. The number of carbonyl (C=O) groups excluding carboxylic acids is 4. The number of amides is 4. The Morgan fingerprint density at radius 3 is 2.22 bits per heavy atom. The van der Waals surface area contributed by atoms with E-state index in [1.807, 2.05) is 0 Å². The Morgan fingerprint density at radius 2 is 1.67 bits per heavy atom. The van der Waals surface area contributed by atoms with Gasteiger partial charge in [-0.2, -0.15) is 0 Å². The third kappa shape index (κ3) is 10.1. The number of guanidine groups is 1. The monoisotopic (exact) mass is 514 g/mol. The molecular formula is C20H34N8O8. The maximum Gasteiger partial charge on any atom is 0.326 e. The van der Waals surface area contributed by atoms with Gasteiger partial charge in [0.05, 0.1) is 12.5 Å². The molecule has 1 heterocycles. The molecule has 1 rings (SSSR count). The average Bonchev–Trinajstić information content (AvgIpc) is 3.26. The van der Waals surface area contributed by atoms with Crippen molar-refractivity contribution in [2.75, 3.05) is 13.1 Å². The summed E-state index contributed by atoms with van der Waals surface area (Å²) in [6.45, 7) is 0.309. The number of hydrogen-bond donors (Lipinski definition) is 8. The van der Waals surface area contributed by atoms with Gasteiger partial charge < -0.3 is 48.7 Å². The van der Waals surface area contributed by atoms with Crippen molar-refractivity contribution in [2.24, 2.45) is 27.9 Å². The summed E-state index contributed by atoms with van der Waals surface area (Å²) in [5, 5.41) is 23.0. The molecule has 1 saturated heterocycles. The molecule has 1 aliphatic rings. The molecule has 4 unspecified atom stereocenters. The standard InChI is InChI=1S/C20H34N8O8/c21-10(9-15(30)31)18(34)28-8-2-4-13(28)17(33)26-11(3-1-7-25-20(23)24)16(32)27-12(19(35)36)5-6-14(22)29/h10-13H,1-9,21H2,(H2,22,29)(H,26,33)(H,27,32)(H,30,31)(H,35,36)(H4,23,24,25). The van der Waals surface area contributed by atoms with Gasteiger partial charge in [-0.1, -0.05) is 0 Å². The number of hydrogen-bond acceptors (Lipinski definition) is 8. The van der Waals surface area contributed by atoms with Gasteiger partial charge in [-0.25, -0.2) is 4.79 Å². The Kier molecular flexibility index (Phi) is 12.1. The zero-order valence-electron chi connectivity index (χ0n) is 19.7. The fourth-order valence-corrected chi connectivity index (χ4v) is 3.65. The number of aliphatic carboxylic acids is 2. The Balaban J connectivity index is 2.97. The molecular weight excluding hydrogens is 480 g/mol. The van der Waals surface area contributed by atoms with Crippen molar-refractivity contribution in [2.45, 2.75) is 69.1 Å². The highest BCUT2D eigenvalue weighted by Gasteiger charge is 2.38. The van der Waals surface area contributed by atoms with Crippen LogP contribution in [0.1, 0.15) is 44.9 Å². The van der Waals surface area contributed by atoms with Gasteiger partial charge >= 0.3 is 11.9 Å². The van der Waals surface area contributed by atoms with E-state index < -0.39 is 66.2 Å². The molecule has 0 aliphatic carbocycles. The quantitative estimate of drug-likeness (QED) is 0.0594. The number of carboxylic acid groups (broad SMARTS) is 2. The molecule has 4 amide bonds. The second-order valence-corrected chi connectivity index (χ2v) is 8.31. The largest absolute Gasteiger partial charge is 0.481 e. The number of carbonyl (C=O) groups is 6. The molecule has 0 aromatic heterocycles. The highest BCUT2D eigenvalue weighted by atomic mass is 16.4. The predicted molar refractivity (Wildman–Crippen MR) is 125 cm³/mol. The highest BCUT2D eigenvalue weighted by molar-refractivity contribution is 5.95. The van der Waals surface area contributed by atoms with E-state index in [4.69, 9.17) is 28.0 Å². The number of rotatable bonds is 15. The summed E-state index contributed by atoms with van der Waals surface area (Å²) in [7, 11) is 0. The number of aliphatic imine (C=N–C) groups is 1. The van der Waals surface area contributed by atoms with Crippen LogP contribution in [0.2, 0.25) is 0 Å². The van der Waals surface area contributed by atoms with Crippen molar-refractivity contribution in [3.05, 3.63) is 0 Å². The second-order valence-electron chi connectivity index (χ2n) is 8.31. The molecule has 0 spiro atoms. The number of primary amides is 1. The number of nitrogens with two attached hydrogens (primary N) is 4. The van der Waals surface area contributed by atoms with E-state index >= 15 is 0 Å². The molecule has 12 N–H and O–H groups in total. The summed E-state index contributed by atoms with van der Waals surface area (Å²) >= 11 is 0. The van der Waals surface area contributed by atoms with Crippen LogP contribution in [0.15, 0.2) is 4.99 Å². The first-order valence-electron chi connectivity index (χ1n) is 11.3. The second kappa shape index (κ2) is 14.4. The summed E-state index contributed by atoms with van der Waals surface area (Å²) in [4.78, 5) is 76.8. The molecule has 16 nitrogen and oxygen atoms in total. The summed E-state index contributed by atoms with van der Waals surface area (Å²) in [5.41, 5.74) is 21.3. The molecule has 1 aliphatic heterocycles. The number of nitrogens with zero attached hydrogens (tertiary/aromatic N) is 2. The maximum absolute atomic E-state index is 13.0. The number of carboxylic acids is 2. The number of nitrogens with one attached hydrogen (secondary N) is 2. The van der Waals surface area contributed by atoms with Gasteiger partial charge in [0.2, 0.25) is 23.6 Å². The van der Waals surface area contributed by atoms with Crippen LogP contribution < -0.4 is 33.6 Å². The Bertz CT molecular complexity index is 876. The average molecular weight is 515 g/mol. The molecule has 0 aromatic carbocycles. The molecule has 0 radical (unpaired) electrons. The zero-order chi connectivity index (χ0) is 27.4. The van der Waals surface area contributed by atoms with Gasteiger partial charge in [-0.15, -0.1) is 0 Å². The maximum atomic E-state index is 13.0. The lowest BCUT2D eigenvalue weighted by Gasteiger charge is -2.28. The fraction of sp³-hybridized carbons (Fsp3) is 0.650. The first kappa shape index (κ1) is 30.1. The lowest BCUT2D eigenvalue weighted by Crippen LogP contribution is -2.56. The van der Waals surface area contributed by atoms with Crippen LogP contribution in [0.5, 0.6) is 0 Å². The minimum absolute atomic E-state index is 0.0235. The third-order valence-electron chi connectivity index (χ3n) is 5.42. The van der Waals surface area contributed by atoms with E-state index in [1.165, 1.54) is 4.90 Å². The smallest absolute Gasteiger partial charge is 0.326 e. The Morgan fingerprint density at radius 1 is 1.00 bits per heavy atom. The van der Waals surface area contributed by atoms with Crippen LogP contribution in [0.4, 0.5) is 0 Å². The van der Waals surface area contributed by atoms with Crippen molar-refractivity contribution in [1.29, 1.82) is 0 Å². The Hall–Kier alpha value is -3.95. The van der Waals surface area contributed by atoms with Crippen LogP contribution in [-0.2, 0) is 28.8 Å². The molecule has 1 fully saturated rings. The van der Waals surface area contributed by atoms with E-state index in [0.29, 0.717) is 6.42 Å². The normalized spacial score (nSPS) is 17.4. The molecule has 0 saturated carbocycles. The van der Waals surface area contributed by atoms with Crippen LogP contribution >= 0.6 is 0 Å². The van der Waals surface area contributed by atoms with Gasteiger partial charge in [0.15, 0.2) is 5.96 Å². The van der Waals surface area contributed by atoms with Crippen molar-refractivity contribution >= 4 is 41.5 Å². The van der Waals surface area contributed by atoms with Crippen LogP contribution in [-0.4, -0.2) is 93.9 Å². The van der Waals surface area contributed by atoms with E-state index in [-0.39, 0.29) is 51.2 Å². The van der Waals surface area contributed by atoms with Gasteiger partial charge in [0, 0.05) is 19.5 Å². The van der Waals surface area contributed by atoms with Gasteiger partial charge in [-0.05, 0) is 32.1 Å². The zero-order valence-corrected chi connectivity index (χ0v) is 19.7. The summed E-state index contributed by atoms with van der Waals surface area (Å²) in [6.07, 6.45) is -0.162. The first-order chi connectivity index (χ1) is 16.8. The van der Waals surface area contributed by atoms with Crippen LogP contribution in [0, 0.1) is 0 Å². The van der Waals surface area contributed by atoms with Crippen molar-refractivity contribution in [3.8, 4) is 0 Å². The van der Waals surface area contributed by atoms with Crippen molar-refractivity contribution in [3.63, 3.8) is 0 Å². The first-order valence-corrected chi connectivity index (χ1v) is 11.3. The molecule has 4 atom stereocenters. The minimum Gasteiger partial charge on any atom is -0.481 e. The predicted octanol–water partition coefficient (Wildman–Crippen LogP) is -3.85. The minimum atomic E-state index is -1.43.